The zero-order valence-corrected chi connectivity index (χ0v) is 7.70. The predicted octanol–water partition coefficient (Wildman–Crippen LogP) is 0.579. The Morgan fingerprint density at radius 2 is 1.92 bits per heavy atom. The number of oxime groups is 1. The third-order valence-corrected chi connectivity index (χ3v) is 2.56. The number of nitrogens with zero attached hydrogens (tertiary/aromatic N) is 1. The summed E-state index contributed by atoms with van der Waals surface area (Å²) in [5.41, 5.74) is -1.15. The van der Waals surface area contributed by atoms with Crippen LogP contribution in [0.25, 0.3) is 0 Å². The molecule has 0 aromatic carbocycles. The van der Waals surface area contributed by atoms with Crippen LogP contribution < -0.4 is 0 Å². The Balaban J connectivity index is 2.79. The first-order valence-electron chi connectivity index (χ1n) is 3.84. The van der Waals surface area contributed by atoms with Crippen LogP contribution in [0.3, 0.4) is 0 Å². The summed E-state index contributed by atoms with van der Waals surface area (Å²) in [5, 5.41) is 11.1. The maximum atomic E-state index is 10.5. The third kappa shape index (κ3) is 2.94. The van der Waals surface area contributed by atoms with Crippen LogP contribution in [0.4, 0.5) is 0 Å². The van der Waals surface area contributed by atoms with Crippen LogP contribution in [0.1, 0.15) is 25.7 Å². The highest BCUT2D eigenvalue weighted by Crippen LogP contribution is 2.32. The first-order chi connectivity index (χ1) is 5.97. The minimum absolute atomic E-state index is 0.427. The fraction of sp³-hybridized carbons (Fsp3) is 0.833. The van der Waals surface area contributed by atoms with Gasteiger partial charge in [-0.25, -0.2) is 4.18 Å². The van der Waals surface area contributed by atoms with E-state index in [2.05, 4.69) is 9.34 Å². The molecule has 1 fully saturated rings. The summed E-state index contributed by atoms with van der Waals surface area (Å²) in [5.74, 6) is 0. The van der Waals surface area contributed by atoms with Gasteiger partial charge in [0.2, 0.25) is 0 Å². The van der Waals surface area contributed by atoms with E-state index in [0.717, 1.165) is 19.1 Å². The molecular weight excluding hydrogens is 198 g/mol. The monoisotopic (exact) mass is 209 g/mol. The van der Waals surface area contributed by atoms with E-state index in [1.54, 1.807) is 0 Å². The summed E-state index contributed by atoms with van der Waals surface area (Å²) in [6.07, 6.45) is 3.42. The maximum absolute atomic E-state index is 10.5. The lowest BCUT2D eigenvalue weighted by Gasteiger charge is -2.20. The van der Waals surface area contributed by atoms with E-state index in [-0.39, 0.29) is 0 Å². The second kappa shape index (κ2) is 3.60. The summed E-state index contributed by atoms with van der Waals surface area (Å²) in [6.45, 7) is 0. The Hall–Kier alpha value is -0.660. The van der Waals surface area contributed by atoms with E-state index in [1.807, 2.05) is 0 Å². The Morgan fingerprint density at radius 1 is 1.38 bits per heavy atom. The van der Waals surface area contributed by atoms with Crippen LogP contribution in [0.15, 0.2) is 5.16 Å². The predicted molar refractivity (Wildman–Crippen MR) is 44.1 cm³/mol. The zero-order chi connectivity index (χ0) is 9.95. The molecule has 0 saturated heterocycles. The highest BCUT2D eigenvalue weighted by Gasteiger charge is 2.38. The minimum Gasteiger partial charge on any atom is -0.411 e. The molecule has 0 aromatic rings. The van der Waals surface area contributed by atoms with Gasteiger partial charge in [0.1, 0.15) is 5.60 Å². The van der Waals surface area contributed by atoms with E-state index < -0.39 is 16.0 Å². The molecule has 6 nitrogen and oxygen atoms in total. The molecule has 0 bridgehead atoms. The molecule has 1 aliphatic carbocycles. The van der Waals surface area contributed by atoms with Crippen molar-refractivity contribution in [1.29, 1.82) is 0 Å². The molecule has 0 amide bonds. The summed E-state index contributed by atoms with van der Waals surface area (Å²) in [7, 11) is -4.49. The average Bonchev–Trinajstić information content (AvgIpc) is 2.33. The van der Waals surface area contributed by atoms with Crippen LogP contribution in [0.2, 0.25) is 0 Å². The number of rotatable bonds is 3. The highest BCUT2D eigenvalue weighted by molar-refractivity contribution is 7.81. The lowest BCUT2D eigenvalue weighted by Crippen LogP contribution is -2.33. The zero-order valence-electron chi connectivity index (χ0n) is 6.88. The lowest BCUT2D eigenvalue weighted by atomic mass is 10.1. The van der Waals surface area contributed by atoms with Crippen molar-refractivity contribution in [3.8, 4) is 0 Å². The Bertz CT molecular complexity index is 290. The van der Waals surface area contributed by atoms with Crippen molar-refractivity contribution in [3.05, 3.63) is 0 Å². The van der Waals surface area contributed by atoms with Gasteiger partial charge in [0.15, 0.2) is 0 Å². The molecule has 0 unspecified atom stereocenters. The van der Waals surface area contributed by atoms with Gasteiger partial charge in [0, 0.05) is 0 Å². The number of hydrogen-bond donors (Lipinski definition) is 2. The van der Waals surface area contributed by atoms with Gasteiger partial charge in [-0.15, -0.1) is 0 Å². The van der Waals surface area contributed by atoms with Crippen LogP contribution in [0, 0.1) is 0 Å². The van der Waals surface area contributed by atoms with Crippen LogP contribution in [0.5, 0.6) is 0 Å². The Morgan fingerprint density at radius 3 is 2.31 bits per heavy atom. The highest BCUT2D eigenvalue weighted by atomic mass is 32.3. The van der Waals surface area contributed by atoms with Crippen LogP contribution in [-0.4, -0.2) is 30.0 Å². The van der Waals surface area contributed by atoms with Crippen LogP contribution >= 0.6 is 0 Å². The van der Waals surface area contributed by atoms with Crippen LogP contribution in [-0.2, 0) is 14.6 Å². The summed E-state index contributed by atoms with van der Waals surface area (Å²) >= 11 is 0. The largest absolute Gasteiger partial charge is 0.411 e. The van der Waals surface area contributed by atoms with Crippen molar-refractivity contribution < 1.29 is 22.4 Å². The molecule has 0 atom stereocenters. The molecule has 1 aliphatic rings. The standard InChI is InChI=1S/C6H11NO5S/c8-7-5-6(3-1-2-4-6)12-13(9,10)11/h5,8H,1-4H2,(H,9,10,11)/b7-5+. The van der Waals surface area contributed by atoms with Gasteiger partial charge in [0.05, 0.1) is 6.21 Å². The van der Waals surface area contributed by atoms with E-state index in [1.165, 1.54) is 0 Å². The van der Waals surface area contributed by atoms with Gasteiger partial charge in [-0.3, -0.25) is 4.55 Å². The first-order valence-corrected chi connectivity index (χ1v) is 5.21. The number of hydrogen-bond acceptors (Lipinski definition) is 5. The normalized spacial score (nSPS) is 22.5. The molecule has 0 radical (unpaired) electrons. The van der Waals surface area contributed by atoms with Gasteiger partial charge in [-0.2, -0.15) is 8.42 Å². The molecule has 1 rings (SSSR count). The van der Waals surface area contributed by atoms with Crippen molar-refractivity contribution in [2.45, 2.75) is 31.3 Å². The quantitative estimate of drug-likeness (QED) is 0.307. The SMILES string of the molecule is O=S(=O)(O)OC1(/C=N/O)CCCC1. The molecule has 0 aromatic heterocycles. The molecular formula is C6H11NO5S. The van der Waals surface area contributed by atoms with Crippen molar-refractivity contribution in [2.75, 3.05) is 0 Å². The Kier molecular flexibility index (Phi) is 2.89. The van der Waals surface area contributed by atoms with Gasteiger partial charge in [0.25, 0.3) is 0 Å². The summed E-state index contributed by atoms with van der Waals surface area (Å²) < 4.78 is 33.8. The fourth-order valence-corrected chi connectivity index (χ4v) is 2.15. The Labute approximate surface area is 76.2 Å². The first kappa shape index (κ1) is 10.4. The van der Waals surface area contributed by atoms with Crippen molar-refractivity contribution >= 4 is 16.6 Å². The molecule has 0 spiro atoms. The van der Waals surface area contributed by atoms with E-state index in [9.17, 15) is 8.42 Å². The molecule has 0 heterocycles. The molecule has 13 heavy (non-hydrogen) atoms. The molecule has 76 valence electrons. The second-order valence-corrected chi connectivity index (χ2v) is 4.05. The second-order valence-electron chi connectivity index (χ2n) is 3.03. The summed E-state index contributed by atoms with van der Waals surface area (Å²) in [4.78, 5) is 0. The molecule has 1 saturated carbocycles. The van der Waals surface area contributed by atoms with Gasteiger partial charge >= 0.3 is 10.4 Å². The molecule has 2 N–H and O–H groups in total. The third-order valence-electron chi connectivity index (χ3n) is 2.01. The van der Waals surface area contributed by atoms with Gasteiger partial charge in [-0.1, -0.05) is 18.0 Å². The summed E-state index contributed by atoms with van der Waals surface area (Å²) in [6, 6.07) is 0. The lowest BCUT2D eigenvalue weighted by molar-refractivity contribution is 0.136. The van der Waals surface area contributed by atoms with Crippen molar-refractivity contribution in [3.63, 3.8) is 0 Å². The van der Waals surface area contributed by atoms with E-state index in [0.29, 0.717) is 12.8 Å². The van der Waals surface area contributed by atoms with Crippen molar-refractivity contribution in [2.24, 2.45) is 5.16 Å². The average molecular weight is 209 g/mol. The molecule has 0 aliphatic heterocycles. The van der Waals surface area contributed by atoms with Gasteiger partial charge < -0.3 is 5.21 Å². The van der Waals surface area contributed by atoms with E-state index in [4.69, 9.17) is 9.76 Å². The van der Waals surface area contributed by atoms with Gasteiger partial charge in [-0.05, 0) is 12.8 Å². The smallest absolute Gasteiger partial charge is 0.398 e. The minimum atomic E-state index is -4.49. The fourth-order valence-electron chi connectivity index (χ4n) is 1.52. The maximum Gasteiger partial charge on any atom is 0.398 e. The topological polar surface area (TPSA) is 96.2 Å². The van der Waals surface area contributed by atoms with Crippen molar-refractivity contribution in [1.82, 2.24) is 0 Å². The molecule has 7 heteroatoms. The van der Waals surface area contributed by atoms with E-state index >= 15 is 0 Å².